The van der Waals surface area contributed by atoms with Crippen LogP contribution in [0.3, 0.4) is 0 Å². The van der Waals surface area contributed by atoms with Gasteiger partial charge in [0.1, 0.15) is 0 Å². The molecule has 0 spiro atoms. The van der Waals surface area contributed by atoms with Crippen LogP contribution in [-0.2, 0) is 14.3 Å². The topological polar surface area (TPSA) is 81.9 Å². The Morgan fingerprint density at radius 3 is 2.90 bits per heavy atom. The number of hydrogen-bond donors (Lipinski definition) is 0. The maximum Gasteiger partial charge on any atom is 0.298 e. The molecule has 0 N–H and O–H groups in total. The minimum Gasteiger partial charge on any atom is -0.348 e. The second kappa shape index (κ2) is 5.88. The Kier molecular flexibility index (Phi) is 4.12. The summed E-state index contributed by atoms with van der Waals surface area (Å²) in [6.07, 6.45) is 4.08. The van der Waals surface area contributed by atoms with E-state index in [1.165, 1.54) is 0 Å². The molecule has 3 aliphatic heterocycles. The molecule has 3 aliphatic rings. The average Bonchev–Trinajstić information content (AvgIpc) is 2.88. The third-order valence-corrected chi connectivity index (χ3v) is 4.86. The lowest BCUT2D eigenvalue weighted by Gasteiger charge is -2.45. The molecule has 2 unspecified atom stereocenters. The van der Waals surface area contributed by atoms with E-state index in [9.17, 15) is 14.9 Å². The molecule has 0 aromatic rings. The van der Waals surface area contributed by atoms with Crippen molar-refractivity contribution in [3.8, 4) is 0 Å². The zero-order chi connectivity index (χ0) is 15.0. The van der Waals surface area contributed by atoms with Gasteiger partial charge < -0.3 is 14.4 Å². The number of nitro groups is 1. The van der Waals surface area contributed by atoms with Crippen LogP contribution >= 0.6 is 0 Å². The third-order valence-electron chi connectivity index (χ3n) is 4.86. The summed E-state index contributed by atoms with van der Waals surface area (Å²) < 4.78 is 11.3. The summed E-state index contributed by atoms with van der Waals surface area (Å²) in [5, 5.41) is 11.3. The van der Waals surface area contributed by atoms with Crippen LogP contribution < -0.4 is 0 Å². The van der Waals surface area contributed by atoms with E-state index in [4.69, 9.17) is 9.47 Å². The normalized spacial score (nSPS) is 37.9. The highest BCUT2D eigenvalue weighted by Gasteiger charge is 2.60. The summed E-state index contributed by atoms with van der Waals surface area (Å²) in [6, 6.07) is -1.32. The lowest BCUT2D eigenvalue weighted by molar-refractivity contribution is -0.525. The van der Waals surface area contributed by atoms with E-state index in [0.717, 1.165) is 25.7 Å². The molecule has 5 atom stereocenters. The molecule has 0 aromatic carbocycles. The number of hydrogen-bond acceptors (Lipinski definition) is 5. The molecule has 0 saturated carbocycles. The Hall–Kier alpha value is -1.21. The summed E-state index contributed by atoms with van der Waals surface area (Å²) >= 11 is 0. The monoisotopic (exact) mass is 298 g/mol. The summed E-state index contributed by atoms with van der Waals surface area (Å²) in [7, 11) is 0. The van der Waals surface area contributed by atoms with Crippen molar-refractivity contribution in [2.45, 2.75) is 63.5 Å². The van der Waals surface area contributed by atoms with Crippen LogP contribution in [-0.4, -0.2) is 53.4 Å². The Morgan fingerprint density at radius 2 is 2.19 bits per heavy atom. The van der Waals surface area contributed by atoms with E-state index in [1.54, 1.807) is 4.90 Å². The average molecular weight is 298 g/mol. The number of amides is 1. The van der Waals surface area contributed by atoms with Gasteiger partial charge in [-0.15, -0.1) is 0 Å². The predicted molar refractivity (Wildman–Crippen MR) is 73.1 cm³/mol. The molecule has 118 valence electrons. The zero-order valence-corrected chi connectivity index (χ0v) is 12.3. The number of fused-ring (bicyclic) bond motifs is 6. The molecule has 7 heteroatoms. The smallest absolute Gasteiger partial charge is 0.298 e. The maximum absolute atomic E-state index is 12.5. The fraction of sp³-hybridized carbons (Fsp3) is 0.929. The quantitative estimate of drug-likeness (QED) is 0.418. The molecule has 21 heavy (non-hydrogen) atoms. The van der Waals surface area contributed by atoms with Crippen molar-refractivity contribution in [3.05, 3.63) is 10.1 Å². The molecule has 3 fully saturated rings. The van der Waals surface area contributed by atoms with E-state index in [2.05, 4.69) is 6.92 Å². The molecule has 1 amide bonds. The number of nitrogens with zero attached hydrogens (tertiary/aromatic N) is 2. The molecule has 4 bridgehead atoms. The van der Waals surface area contributed by atoms with Crippen LogP contribution in [0, 0.1) is 16.0 Å². The number of likely N-dealkylation sites (tertiary alicyclic amines) is 1. The third kappa shape index (κ3) is 2.53. The zero-order valence-electron chi connectivity index (χ0n) is 12.3. The molecular formula is C14H22N2O5. The van der Waals surface area contributed by atoms with Gasteiger partial charge in [0.2, 0.25) is 0 Å². The number of unbranched alkanes of at least 4 members (excludes halogenated alkanes) is 3. The van der Waals surface area contributed by atoms with E-state index in [-0.39, 0.29) is 24.0 Å². The first-order chi connectivity index (χ1) is 10.1. The summed E-state index contributed by atoms with van der Waals surface area (Å²) in [5.41, 5.74) is 0. The van der Waals surface area contributed by atoms with Crippen LogP contribution in [0.25, 0.3) is 0 Å². The highest BCUT2D eigenvalue weighted by atomic mass is 16.7. The minimum absolute atomic E-state index is 0.154. The van der Waals surface area contributed by atoms with E-state index in [1.807, 2.05) is 0 Å². The second-order valence-electron chi connectivity index (χ2n) is 6.17. The fourth-order valence-corrected chi connectivity index (χ4v) is 3.76. The Bertz CT molecular complexity index is 430. The van der Waals surface area contributed by atoms with Crippen molar-refractivity contribution in [2.24, 2.45) is 5.92 Å². The number of piperidine rings is 1. The summed E-state index contributed by atoms with van der Waals surface area (Å²) in [6.45, 7) is 3.06. The first-order valence-electron chi connectivity index (χ1n) is 7.84. The SMILES string of the molecule is CCCCCCN1C(=O)[C@@H]([N+](=O)[O-])[C@@H]2CC1[C@H]1OCC2O1. The second-order valence-corrected chi connectivity index (χ2v) is 6.17. The molecule has 0 aliphatic carbocycles. The minimum atomic E-state index is -1.17. The van der Waals surface area contributed by atoms with E-state index < -0.39 is 17.3 Å². The van der Waals surface area contributed by atoms with Gasteiger partial charge in [-0.25, -0.2) is 0 Å². The molecule has 7 nitrogen and oxygen atoms in total. The van der Waals surface area contributed by atoms with Gasteiger partial charge in [0.25, 0.3) is 11.9 Å². The van der Waals surface area contributed by atoms with Crippen molar-refractivity contribution in [1.82, 2.24) is 4.90 Å². The largest absolute Gasteiger partial charge is 0.348 e. The first kappa shape index (κ1) is 14.7. The Balaban J connectivity index is 1.75. The van der Waals surface area contributed by atoms with Gasteiger partial charge in [-0.2, -0.15) is 0 Å². The molecular weight excluding hydrogens is 276 g/mol. The van der Waals surface area contributed by atoms with E-state index >= 15 is 0 Å². The standard InChI is InChI=1S/C14H22N2O5/c1-2-3-4-5-6-15-10-7-9(11-8-20-14(10)21-11)12(13(15)17)16(18)19/h9-12,14H,2-8H2,1H3/t9-,10?,11?,12+,14+/m1/s1. The predicted octanol–water partition coefficient (Wildman–Crippen LogP) is 1.18. The highest BCUT2D eigenvalue weighted by molar-refractivity contribution is 5.82. The van der Waals surface area contributed by atoms with Gasteiger partial charge in [-0.05, 0) is 12.8 Å². The summed E-state index contributed by atoms with van der Waals surface area (Å²) in [4.78, 5) is 25.1. The number of rotatable bonds is 6. The van der Waals surface area contributed by atoms with Crippen molar-refractivity contribution >= 4 is 5.91 Å². The fourth-order valence-electron chi connectivity index (χ4n) is 3.76. The van der Waals surface area contributed by atoms with E-state index in [0.29, 0.717) is 19.6 Å². The number of ether oxygens (including phenoxy) is 2. The molecule has 0 radical (unpaired) electrons. The van der Waals surface area contributed by atoms with Gasteiger partial charge >= 0.3 is 0 Å². The molecule has 3 heterocycles. The Morgan fingerprint density at radius 1 is 1.38 bits per heavy atom. The van der Waals surface area contributed by atoms with Crippen molar-refractivity contribution in [3.63, 3.8) is 0 Å². The Labute approximate surface area is 123 Å². The van der Waals surface area contributed by atoms with Crippen molar-refractivity contribution < 1.29 is 19.2 Å². The number of carbonyl (C=O) groups excluding carboxylic acids is 1. The summed E-state index contributed by atoms with van der Waals surface area (Å²) in [5.74, 6) is -0.690. The van der Waals surface area contributed by atoms with Gasteiger partial charge in [0, 0.05) is 11.5 Å². The maximum atomic E-state index is 12.5. The highest BCUT2D eigenvalue weighted by Crippen LogP contribution is 2.41. The van der Waals surface area contributed by atoms with Crippen LogP contribution in [0.15, 0.2) is 0 Å². The van der Waals surface area contributed by atoms with Gasteiger partial charge in [-0.3, -0.25) is 14.9 Å². The molecule has 0 aromatic heterocycles. The lowest BCUT2D eigenvalue weighted by Crippen LogP contribution is -2.64. The van der Waals surface area contributed by atoms with Crippen LogP contribution in [0.2, 0.25) is 0 Å². The van der Waals surface area contributed by atoms with Crippen molar-refractivity contribution in [1.29, 1.82) is 0 Å². The van der Waals surface area contributed by atoms with Crippen molar-refractivity contribution in [2.75, 3.05) is 13.2 Å². The van der Waals surface area contributed by atoms with Gasteiger partial charge in [0.15, 0.2) is 6.29 Å². The van der Waals surface area contributed by atoms with Gasteiger partial charge in [-0.1, -0.05) is 26.2 Å². The van der Waals surface area contributed by atoms with Crippen LogP contribution in [0.4, 0.5) is 0 Å². The van der Waals surface area contributed by atoms with Crippen LogP contribution in [0.5, 0.6) is 0 Å². The molecule has 3 rings (SSSR count). The lowest BCUT2D eigenvalue weighted by atomic mass is 9.81. The molecule has 3 saturated heterocycles. The van der Waals surface area contributed by atoms with Gasteiger partial charge in [0.05, 0.1) is 24.7 Å². The van der Waals surface area contributed by atoms with Crippen LogP contribution in [0.1, 0.15) is 39.0 Å². The number of carbonyl (C=O) groups is 1. The first-order valence-corrected chi connectivity index (χ1v) is 7.84.